The van der Waals surface area contributed by atoms with Crippen LogP contribution in [0.1, 0.15) is 37.7 Å². The second-order valence-electron chi connectivity index (χ2n) is 4.90. The van der Waals surface area contributed by atoms with Gasteiger partial charge in [-0.3, -0.25) is 10.3 Å². The summed E-state index contributed by atoms with van der Waals surface area (Å²) in [6.07, 6.45) is 11.6. The molecule has 0 radical (unpaired) electrons. The zero-order valence-corrected chi connectivity index (χ0v) is 12.1. The first-order valence-electron chi connectivity index (χ1n) is 6.95. The Bertz CT molecular complexity index is 537. The van der Waals surface area contributed by atoms with Gasteiger partial charge in [-0.25, -0.2) is 0 Å². The summed E-state index contributed by atoms with van der Waals surface area (Å²) in [5.74, 6) is 0.610. The Morgan fingerprint density at radius 1 is 1.30 bits per heavy atom. The van der Waals surface area contributed by atoms with Crippen LogP contribution < -0.4 is 5.32 Å². The third-order valence-corrected chi connectivity index (χ3v) is 3.75. The Labute approximate surface area is 125 Å². The van der Waals surface area contributed by atoms with Crippen LogP contribution in [0, 0.1) is 11.5 Å². The molecule has 0 atom stereocenters. The van der Waals surface area contributed by atoms with Crippen LogP contribution >= 0.6 is 11.6 Å². The average molecular weight is 288 g/mol. The predicted octanol–water partition coefficient (Wildman–Crippen LogP) is 4.16. The van der Waals surface area contributed by atoms with E-state index in [1.54, 1.807) is 0 Å². The Balaban J connectivity index is 2.11. The van der Waals surface area contributed by atoms with Crippen molar-refractivity contribution in [2.75, 3.05) is 0 Å². The van der Waals surface area contributed by atoms with E-state index in [2.05, 4.69) is 10.3 Å². The maximum Gasteiger partial charge on any atom is 0.182 e. The Morgan fingerprint density at radius 2 is 2.05 bits per heavy atom. The standard InChI is InChI=1S/C16H18ClN3/c17-15-9-5-4-6-13(15)10-11-16(19-12-18)20-14-7-2-1-3-8-14/h4-6,9-11,14H,1-3,7-8H2,(H,19,20)/b11-10+. The number of nitrogens with zero attached hydrogens (tertiary/aromatic N) is 2. The molecule has 1 saturated carbocycles. The molecule has 0 spiro atoms. The van der Waals surface area contributed by atoms with E-state index in [1.165, 1.54) is 19.3 Å². The lowest BCUT2D eigenvalue weighted by Crippen LogP contribution is -2.20. The zero-order valence-electron chi connectivity index (χ0n) is 11.3. The molecule has 0 heterocycles. The van der Waals surface area contributed by atoms with Gasteiger partial charge in [-0.15, -0.1) is 0 Å². The number of rotatable bonds is 3. The summed E-state index contributed by atoms with van der Waals surface area (Å²) < 4.78 is 0. The van der Waals surface area contributed by atoms with Crippen LogP contribution in [0.15, 0.2) is 35.3 Å². The monoisotopic (exact) mass is 287 g/mol. The molecule has 0 aromatic heterocycles. The molecular weight excluding hydrogens is 270 g/mol. The van der Waals surface area contributed by atoms with E-state index in [4.69, 9.17) is 16.9 Å². The van der Waals surface area contributed by atoms with Gasteiger partial charge in [-0.2, -0.15) is 5.26 Å². The first-order chi connectivity index (χ1) is 9.79. The van der Waals surface area contributed by atoms with Gasteiger partial charge in [0.2, 0.25) is 0 Å². The smallest absolute Gasteiger partial charge is 0.182 e. The van der Waals surface area contributed by atoms with E-state index in [0.29, 0.717) is 16.9 Å². The fourth-order valence-corrected chi connectivity index (χ4v) is 2.56. The quantitative estimate of drug-likeness (QED) is 0.393. The number of halogens is 1. The molecule has 2 rings (SSSR count). The lowest BCUT2D eigenvalue weighted by atomic mass is 9.96. The minimum absolute atomic E-state index is 0.329. The van der Waals surface area contributed by atoms with Gasteiger partial charge in [0, 0.05) is 5.02 Å². The molecule has 0 saturated heterocycles. The second-order valence-corrected chi connectivity index (χ2v) is 5.31. The highest BCUT2D eigenvalue weighted by atomic mass is 35.5. The van der Waals surface area contributed by atoms with E-state index in [0.717, 1.165) is 18.4 Å². The molecule has 3 nitrogen and oxygen atoms in total. The topological polar surface area (TPSA) is 48.2 Å². The molecule has 20 heavy (non-hydrogen) atoms. The number of hydrogen-bond acceptors (Lipinski definition) is 2. The molecule has 1 N–H and O–H groups in total. The molecule has 0 unspecified atom stereocenters. The highest BCUT2D eigenvalue weighted by molar-refractivity contribution is 6.32. The average Bonchev–Trinajstić information content (AvgIpc) is 2.47. The van der Waals surface area contributed by atoms with Crippen molar-refractivity contribution >= 4 is 23.5 Å². The lowest BCUT2D eigenvalue weighted by molar-refractivity contribution is 0.443. The van der Waals surface area contributed by atoms with E-state index >= 15 is 0 Å². The fourth-order valence-electron chi connectivity index (χ4n) is 2.36. The predicted molar refractivity (Wildman–Crippen MR) is 83.5 cm³/mol. The number of nitrogens with one attached hydrogen (secondary N) is 1. The molecule has 1 aliphatic carbocycles. The molecule has 1 fully saturated rings. The summed E-state index contributed by atoms with van der Waals surface area (Å²) in [7, 11) is 0. The van der Waals surface area contributed by atoms with E-state index < -0.39 is 0 Å². The first-order valence-corrected chi connectivity index (χ1v) is 7.33. The summed E-state index contributed by atoms with van der Waals surface area (Å²) in [5, 5.41) is 12.2. The number of hydrogen-bond donors (Lipinski definition) is 1. The summed E-state index contributed by atoms with van der Waals surface area (Å²) in [6.45, 7) is 0. The molecule has 0 bridgehead atoms. The van der Waals surface area contributed by atoms with Crippen molar-refractivity contribution in [1.29, 1.82) is 5.26 Å². The van der Waals surface area contributed by atoms with Crippen LogP contribution in [-0.4, -0.2) is 11.9 Å². The summed E-state index contributed by atoms with van der Waals surface area (Å²) >= 11 is 6.10. The van der Waals surface area contributed by atoms with Crippen molar-refractivity contribution in [2.24, 2.45) is 4.99 Å². The van der Waals surface area contributed by atoms with Gasteiger partial charge in [0.05, 0.1) is 6.04 Å². The third-order valence-electron chi connectivity index (χ3n) is 3.41. The minimum atomic E-state index is 0.329. The van der Waals surface area contributed by atoms with Crippen LogP contribution in [0.3, 0.4) is 0 Å². The SMILES string of the molecule is N#CNC(/C=C/c1ccccc1Cl)=NC1CCCCC1. The number of benzene rings is 1. The summed E-state index contributed by atoms with van der Waals surface area (Å²) in [4.78, 5) is 4.62. The molecular formula is C16H18ClN3. The highest BCUT2D eigenvalue weighted by Crippen LogP contribution is 2.20. The van der Waals surface area contributed by atoms with Crippen molar-refractivity contribution in [1.82, 2.24) is 5.32 Å². The molecule has 0 amide bonds. The summed E-state index contributed by atoms with van der Waals surface area (Å²) in [5.41, 5.74) is 0.922. The van der Waals surface area contributed by atoms with Gasteiger partial charge in [-0.05, 0) is 36.6 Å². The van der Waals surface area contributed by atoms with Crippen LogP contribution in [0.5, 0.6) is 0 Å². The van der Waals surface area contributed by atoms with Crippen LogP contribution in [-0.2, 0) is 0 Å². The van der Waals surface area contributed by atoms with Crippen molar-refractivity contribution in [3.63, 3.8) is 0 Å². The largest absolute Gasteiger partial charge is 0.277 e. The summed E-state index contributed by atoms with van der Waals surface area (Å²) in [6, 6.07) is 7.93. The molecule has 1 aromatic carbocycles. The van der Waals surface area contributed by atoms with E-state index in [1.807, 2.05) is 42.6 Å². The van der Waals surface area contributed by atoms with Crippen molar-refractivity contribution in [3.8, 4) is 6.19 Å². The molecule has 1 aliphatic rings. The molecule has 4 heteroatoms. The van der Waals surface area contributed by atoms with Gasteiger partial charge in [-0.1, -0.05) is 49.1 Å². The maximum absolute atomic E-state index is 8.82. The van der Waals surface area contributed by atoms with Gasteiger partial charge in [0.1, 0.15) is 5.84 Å². The van der Waals surface area contributed by atoms with Crippen LogP contribution in [0.25, 0.3) is 6.08 Å². The number of aliphatic imine (C=N–C) groups is 1. The van der Waals surface area contributed by atoms with Crippen LogP contribution in [0.2, 0.25) is 5.02 Å². The normalized spacial score (nSPS) is 17.1. The van der Waals surface area contributed by atoms with Crippen molar-refractivity contribution in [3.05, 3.63) is 40.9 Å². The third kappa shape index (κ3) is 4.40. The molecule has 1 aromatic rings. The van der Waals surface area contributed by atoms with Gasteiger partial charge < -0.3 is 0 Å². The number of amidine groups is 1. The lowest BCUT2D eigenvalue weighted by Gasteiger charge is -2.18. The maximum atomic E-state index is 8.82. The molecule has 0 aliphatic heterocycles. The Kier molecular flexibility index (Phi) is 5.64. The molecule has 104 valence electrons. The van der Waals surface area contributed by atoms with Crippen molar-refractivity contribution < 1.29 is 0 Å². The first kappa shape index (κ1) is 14.6. The van der Waals surface area contributed by atoms with Gasteiger partial charge in [0.15, 0.2) is 6.19 Å². The second kappa shape index (κ2) is 7.72. The van der Waals surface area contributed by atoms with Crippen LogP contribution in [0.4, 0.5) is 0 Å². The minimum Gasteiger partial charge on any atom is -0.277 e. The van der Waals surface area contributed by atoms with Gasteiger partial charge in [0.25, 0.3) is 0 Å². The Hall–Kier alpha value is -1.79. The highest BCUT2D eigenvalue weighted by Gasteiger charge is 2.12. The Morgan fingerprint density at radius 3 is 2.75 bits per heavy atom. The number of nitriles is 1. The van der Waals surface area contributed by atoms with Crippen molar-refractivity contribution in [2.45, 2.75) is 38.1 Å². The fraction of sp³-hybridized carbons (Fsp3) is 0.375. The zero-order chi connectivity index (χ0) is 14.2. The van der Waals surface area contributed by atoms with E-state index in [-0.39, 0.29) is 0 Å². The van der Waals surface area contributed by atoms with E-state index in [9.17, 15) is 0 Å². The van der Waals surface area contributed by atoms with Gasteiger partial charge >= 0.3 is 0 Å².